The number of rotatable bonds is 46. The number of ether oxygens (including phenoxy) is 2. The van der Waals surface area contributed by atoms with Gasteiger partial charge < -0.3 is 14.6 Å². The zero-order chi connectivity index (χ0) is 44.2. The Labute approximate surface area is 377 Å². The van der Waals surface area contributed by atoms with E-state index in [4.69, 9.17) is 9.47 Å². The summed E-state index contributed by atoms with van der Waals surface area (Å²) < 4.78 is 10.6. The van der Waals surface area contributed by atoms with Crippen molar-refractivity contribution in [2.75, 3.05) is 13.2 Å². The van der Waals surface area contributed by atoms with Crippen LogP contribution < -0.4 is 0 Å². The molecule has 0 radical (unpaired) electrons. The molecule has 0 heterocycles. The molecule has 0 amide bonds. The van der Waals surface area contributed by atoms with Crippen LogP contribution in [-0.4, -0.2) is 36.4 Å². The van der Waals surface area contributed by atoms with Crippen molar-refractivity contribution >= 4 is 11.9 Å². The Kier molecular flexibility index (Phi) is 49.0. The van der Waals surface area contributed by atoms with E-state index in [2.05, 4.69) is 98.9 Å². The minimum atomic E-state index is -0.771. The van der Waals surface area contributed by atoms with Crippen LogP contribution in [-0.2, 0) is 19.1 Å². The average Bonchev–Trinajstić information content (AvgIpc) is 3.26. The molecule has 1 atom stereocenters. The van der Waals surface area contributed by atoms with Crippen LogP contribution in [0.1, 0.15) is 239 Å². The first-order valence-corrected chi connectivity index (χ1v) is 25.6. The highest BCUT2D eigenvalue weighted by Crippen LogP contribution is 2.15. The second-order valence-corrected chi connectivity index (χ2v) is 16.9. The van der Waals surface area contributed by atoms with Gasteiger partial charge in [-0.25, -0.2) is 0 Å². The summed E-state index contributed by atoms with van der Waals surface area (Å²) in [6.07, 6.45) is 71.2. The second kappa shape index (κ2) is 51.4. The number of allylic oxidation sites excluding steroid dienone is 14. The summed E-state index contributed by atoms with van der Waals surface area (Å²) in [5, 5.41) is 9.58. The Bertz CT molecular complexity index is 1140. The highest BCUT2D eigenvalue weighted by atomic mass is 16.6. The van der Waals surface area contributed by atoms with E-state index in [1.807, 2.05) is 0 Å². The summed E-state index contributed by atoms with van der Waals surface area (Å²) in [7, 11) is 0. The van der Waals surface area contributed by atoms with Crippen molar-refractivity contribution < 1.29 is 24.2 Å². The predicted molar refractivity (Wildman–Crippen MR) is 265 cm³/mol. The lowest BCUT2D eigenvalue weighted by molar-refractivity contribution is -0.161. The van der Waals surface area contributed by atoms with Crippen LogP contribution >= 0.6 is 0 Å². The molecule has 0 spiro atoms. The van der Waals surface area contributed by atoms with Gasteiger partial charge in [0.15, 0.2) is 6.10 Å². The van der Waals surface area contributed by atoms with Gasteiger partial charge in [-0.1, -0.05) is 240 Å². The molecule has 0 saturated carbocycles. The minimum absolute atomic E-state index is 0.0649. The van der Waals surface area contributed by atoms with Crippen LogP contribution in [0.15, 0.2) is 85.1 Å². The smallest absolute Gasteiger partial charge is 0.306 e. The quantitative estimate of drug-likeness (QED) is 0.0375. The van der Waals surface area contributed by atoms with E-state index in [-0.39, 0.29) is 25.2 Å². The highest BCUT2D eigenvalue weighted by molar-refractivity contribution is 5.70. The number of carbonyl (C=O) groups excluding carboxylic acids is 2. The Balaban J connectivity index is 3.48. The number of hydrogen-bond donors (Lipinski definition) is 1. The van der Waals surface area contributed by atoms with Crippen molar-refractivity contribution in [3.8, 4) is 0 Å². The molecule has 1 N–H and O–H groups in total. The van der Waals surface area contributed by atoms with Gasteiger partial charge in [0.2, 0.25) is 0 Å². The zero-order valence-electron chi connectivity index (χ0n) is 39.9. The molecule has 0 aromatic carbocycles. The van der Waals surface area contributed by atoms with Gasteiger partial charge in [-0.2, -0.15) is 0 Å². The summed E-state index contributed by atoms with van der Waals surface area (Å²) in [5.41, 5.74) is 0. The molecule has 0 rings (SSSR count). The molecule has 0 aliphatic rings. The molecule has 0 aromatic heterocycles. The van der Waals surface area contributed by atoms with Crippen LogP contribution in [0.2, 0.25) is 0 Å². The molecule has 0 fully saturated rings. The Hall–Kier alpha value is -2.92. The lowest BCUT2D eigenvalue weighted by Gasteiger charge is -2.15. The molecule has 0 bridgehead atoms. The topological polar surface area (TPSA) is 72.8 Å². The summed E-state index contributed by atoms with van der Waals surface area (Å²) in [6, 6.07) is 0. The first-order chi connectivity index (χ1) is 30.1. The van der Waals surface area contributed by atoms with Crippen molar-refractivity contribution in [3.05, 3.63) is 85.1 Å². The molecule has 0 aromatic rings. The number of esters is 2. The van der Waals surface area contributed by atoms with Crippen molar-refractivity contribution in [1.82, 2.24) is 0 Å². The molecule has 5 nitrogen and oxygen atoms in total. The van der Waals surface area contributed by atoms with Gasteiger partial charge in [0.05, 0.1) is 6.61 Å². The number of aliphatic hydroxyl groups is 1. The fraction of sp³-hybridized carbons (Fsp3) is 0.714. The second-order valence-electron chi connectivity index (χ2n) is 16.9. The lowest BCUT2D eigenvalue weighted by Crippen LogP contribution is -2.28. The van der Waals surface area contributed by atoms with E-state index >= 15 is 0 Å². The molecule has 61 heavy (non-hydrogen) atoms. The van der Waals surface area contributed by atoms with E-state index < -0.39 is 6.10 Å². The van der Waals surface area contributed by atoms with Crippen LogP contribution in [0, 0.1) is 0 Å². The van der Waals surface area contributed by atoms with Crippen molar-refractivity contribution in [1.29, 1.82) is 0 Å². The van der Waals surface area contributed by atoms with Crippen molar-refractivity contribution in [3.63, 3.8) is 0 Å². The molecule has 350 valence electrons. The van der Waals surface area contributed by atoms with Gasteiger partial charge in [0.25, 0.3) is 0 Å². The lowest BCUT2D eigenvalue weighted by atomic mass is 10.0. The van der Waals surface area contributed by atoms with Gasteiger partial charge in [0, 0.05) is 12.8 Å². The van der Waals surface area contributed by atoms with Crippen LogP contribution in [0.25, 0.3) is 0 Å². The highest BCUT2D eigenvalue weighted by Gasteiger charge is 2.16. The SMILES string of the molecule is CC/C=C\C/C=C\C/C=C\C/C=C\C/C=C\C/C=C\C/C=C\CCCCCCCCCCCCCCCCCC(=O)OC(CO)COC(=O)CCCCCCCCCCCC. The minimum Gasteiger partial charge on any atom is -0.462 e. The maximum atomic E-state index is 12.2. The molecule has 0 aliphatic heterocycles. The fourth-order valence-corrected chi connectivity index (χ4v) is 7.12. The van der Waals surface area contributed by atoms with E-state index in [1.54, 1.807) is 0 Å². The van der Waals surface area contributed by atoms with Crippen molar-refractivity contribution in [2.45, 2.75) is 245 Å². The summed E-state index contributed by atoms with van der Waals surface area (Å²) in [5.74, 6) is -0.589. The first kappa shape index (κ1) is 58.1. The van der Waals surface area contributed by atoms with E-state index in [9.17, 15) is 14.7 Å². The summed E-state index contributed by atoms with van der Waals surface area (Å²) >= 11 is 0. The molecule has 0 saturated heterocycles. The van der Waals surface area contributed by atoms with Crippen LogP contribution in [0.4, 0.5) is 0 Å². The number of carbonyl (C=O) groups is 2. The predicted octanol–water partition coefficient (Wildman–Crippen LogP) is 17.0. The Morgan fingerprint density at radius 3 is 1.07 bits per heavy atom. The van der Waals surface area contributed by atoms with Crippen LogP contribution in [0.3, 0.4) is 0 Å². The number of unbranched alkanes of at least 4 members (excludes halogenated alkanes) is 24. The van der Waals surface area contributed by atoms with Crippen molar-refractivity contribution in [2.24, 2.45) is 0 Å². The Morgan fingerprint density at radius 1 is 0.393 bits per heavy atom. The Morgan fingerprint density at radius 2 is 0.705 bits per heavy atom. The maximum absolute atomic E-state index is 12.2. The zero-order valence-corrected chi connectivity index (χ0v) is 39.9. The maximum Gasteiger partial charge on any atom is 0.306 e. The standard InChI is InChI=1S/C56H96O5/c1-3-5-7-9-11-13-15-16-17-18-19-20-21-22-23-24-25-26-27-28-29-30-31-32-33-34-35-36-37-38-39-40-41-43-45-47-49-51-56(59)61-54(52-57)53-60-55(58)50-48-46-44-42-14-12-10-8-6-4-2/h5,7,11,13,16-17,19-20,22-23,25-26,28-29,54,57H,3-4,6,8-10,12,14-15,18,21,24,27,30-53H2,1-2H3/b7-5-,13-11-,17-16-,20-19-,23-22-,26-25-,29-28-. The number of aliphatic hydroxyl groups excluding tert-OH is 1. The largest absolute Gasteiger partial charge is 0.462 e. The molecule has 0 aliphatic carbocycles. The fourth-order valence-electron chi connectivity index (χ4n) is 7.12. The van der Waals surface area contributed by atoms with E-state index in [1.165, 1.54) is 128 Å². The summed E-state index contributed by atoms with van der Waals surface area (Å²) in [4.78, 5) is 24.3. The molecule has 5 heteroatoms. The van der Waals surface area contributed by atoms with E-state index in [0.717, 1.165) is 83.5 Å². The van der Waals surface area contributed by atoms with Gasteiger partial charge in [-0.05, 0) is 70.6 Å². The van der Waals surface area contributed by atoms with Gasteiger partial charge >= 0.3 is 11.9 Å². The molecular formula is C56H96O5. The molecular weight excluding hydrogens is 753 g/mol. The van der Waals surface area contributed by atoms with Gasteiger partial charge in [-0.3, -0.25) is 9.59 Å². The van der Waals surface area contributed by atoms with Gasteiger partial charge in [-0.15, -0.1) is 0 Å². The molecule has 1 unspecified atom stereocenters. The third-order valence-corrected chi connectivity index (χ3v) is 11.0. The van der Waals surface area contributed by atoms with E-state index in [0.29, 0.717) is 12.8 Å². The normalized spacial score (nSPS) is 12.9. The van der Waals surface area contributed by atoms with Crippen LogP contribution in [0.5, 0.6) is 0 Å². The summed E-state index contributed by atoms with van der Waals surface area (Å²) in [6.45, 7) is 4.01. The monoisotopic (exact) mass is 849 g/mol. The average molecular weight is 849 g/mol. The van der Waals surface area contributed by atoms with Gasteiger partial charge in [0.1, 0.15) is 6.61 Å². The third kappa shape index (κ3) is 49.6. The first-order valence-electron chi connectivity index (χ1n) is 25.6. The number of hydrogen-bond acceptors (Lipinski definition) is 5. The third-order valence-electron chi connectivity index (χ3n) is 11.0.